The minimum atomic E-state index is -0.456. The molecule has 0 unspecified atom stereocenters. The number of hydrogen-bond donors (Lipinski definition) is 2. The van der Waals surface area contributed by atoms with Crippen LogP contribution < -0.4 is 10.6 Å². The Kier molecular flexibility index (Phi) is 4.75. The maximum absolute atomic E-state index is 10.8. The van der Waals surface area contributed by atoms with Crippen LogP contribution in [0.5, 0.6) is 0 Å². The van der Waals surface area contributed by atoms with E-state index in [2.05, 4.69) is 10.6 Å². The lowest BCUT2D eigenvalue weighted by Crippen LogP contribution is -2.13. The monoisotopic (exact) mass is 316 g/mol. The molecule has 0 spiro atoms. The van der Waals surface area contributed by atoms with Gasteiger partial charge >= 0.3 is 0 Å². The molecule has 0 saturated heterocycles. The largest absolute Gasteiger partial charge is 0.368 e. The van der Waals surface area contributed by atoms with E-state index in [0.29, 0.717) is 11.4 Å². The summed E-state index contributed by atoms with van der Waals surface area (Å²) < 4.78 is 0. The lowest BCUT2D eigenvalue weighted by Gasteiger charge is -2.13. The summed E-state index contributed by atoms with van der Waals surface area (Å²) in [4.78, 5) is 20.7. The van der Waals surface area contributed by atoms with Crippen LogP contribution >= 0.6 is 0 Å². The minimum Gasteiger partial charge on any atom is -0.368 e. The second-order valence-corrected chi connectivity index (χ2v) is 5.04. The quantitative estimate of drug-likeness (QED) is 0.478. The van der Waals surface area contributed by atoms with Crippen LogP contribution in [0.1, 0.15) is 11.1 Å². The average molecular weight is 316 g/mol. The molecule has 8 nitrogen and oxygen atoms in total. The molecule has 0 fully saturated rings. The Bertz CT molecular complexity index is 698. The first-order valence-corrected chi connectivity index (χ1v) is 6.86. The number of nitrogens with one attached hydrogen (secondary N) is 2. The van der Waals surface area contributed by atoms with Gasteiger partial charge in [-0.15, -0.1) is 0 Å². The summed E-state index contributed by atoms with van der Waals surface area (Å²) in [5, 5.41) is 27.7. The maximum Gasteiger partial charge on any atom is 0.271 e. The van der Waals surface area contributed by atoms with Crippen LogP contribution in [0.25, 0.3) is 0 Å². The Labute approximate surface area is 132 Å². The molecular weight excluding hydrogens is 300 g/mol. The summed E-state index contributed by atoms with van der Waals surface area (Å²) in [6, 6.07) is 9.13. The third-order valence-corrected chi connectivity index (χ3v) is 3.42. The van der Waals surface area contributed by atoms with Crippen LogP contribution in [0.3, 0.4) is 0 Å². The molecule has 0 saturated carbocycles. The van der Waals surface area contributed by atoms with Crippen molar-refractivity contribution in [1.82, 2.24) is 0 Å². The molecule has 0 heterocycles. The van der Waals surface area contributed by atoms with Gasteiger partial charge in [-0.05, 0) is 25.0 Å². The number of aryl methyl sites for hydroxylation is 2. The highest BCUT2D eigenvalue weighted by atomic mass is 16.6. The molecule has 0 atom stereocenters. The zero-order valence-corrected chi connectivity index (χ0v) is 12.7. The number of non-ortho nitro benzene ring substituents is 2. The summed E-state index contributed by atoms with van der Waals surface area (Å²) in [5.74, 6) is 0. The number of benzene rings is 2. The first-order chi connectivity index (χ1) is 10.9. The van der Waals surface area contributed by atoms with E-state index in [0.717, 1.165) is 11.1 Å². The molecular formula is C15H16N4O4. The van der Waals surface area contributed by atoms with Crippen molar-refractivity contribution in [2.45, 2.75) is 13.8 Å². The van der Waals surface area contributed by atoms with E-state index < -0.39 is 9.85 Å². The lowest BCUT2D eigenvalue weighted by molar-refractivity contribution is -0.385. The van der Waals surface area contributed by atoms with Crippen LogP contribution in [0, 0.1) is 34.1 Å². The highest BCUT2D eigenvalue weighted by Crippen LogP contribution is 2.23. The van der Waals surface area contributed by atoms with Crippen LogP contribution in [0.2, 0.25) is 0 Å². The van der Waals surface area contributed by atoms with Crippen molar-refractivity contribution >= 4 is 22.7 Å². The molecule has 0 amide bonds. The van der Waals surface area contributed by atoms with Crippen molar-refractivity contribution in [3.63, 3.8) is 0 Å². The fourth-order valence-corrected chi connectivity index (χ4v) is 2.06. The Hall–Kier alpha value is -3.16. The smallest absolute Gasteiger partial charge is 0.271 e. The summed E-state index contributed by atoms with van der Waals surface area (Å²) in [6.07, 6.45) is 0. The number of rotatable bonds is 6. The Morgan fingerprint density at radius 3 is 1.57 bits per heavy atom. The van der Waals surface area contributed by atoms with E-state index in [4.69, 9.17) is 0 Å². The molecule has 0 aliphatic heterocycles. The predicted molar refractivity (Wildman–Crippen MR) is 87.8 cm³/mol. The molecule has 2 aromatic rings. The Morgan fingerprint density at radius 1 is 0.826 bits per heavy atom. The van der Waals surface area contributed by atoms with Crippen LogP contribution in [0.4, 0.5) is 22.7 Å². The predicted octanol–water partition coefficient (Wildman–Crippen LogP) is 3.60. The van der Waals surface area contributed by atoms with Crippen LogP contribution in [-0.2, 0) is 0 Å². The lowest BCUT2D eigenvalue weighted by atomic mass is 10.1. The van der Waals surface area contributed by atoms with Gasteiger partial charge in [0.1, 0.15) is 0 Å². The van der Waals surface area contributed by atoms with E-state index >= 15 is 0 Å². The second-order valence-electron chi connectivity index (χ2n) is 5.04. The minimum absolute atomic E-state index is 0.00429. The molecule has 0 aliphatic rings. The zero-order valence-electron chi connectivity index (χ0n) is 12.7. The van der Waals surface area contributed by atoms with Gasteiger partial charge in [-0.1, -0.05) is 12.1 Å². The highest BCUT2D eigenvalue weighted by molar-refractivity contribution is 5.60. The summed E-state index contributed by atoms with van der Waals surface area (Å²) in [6.45, 7) is 3.96. The molecule has 8 heteroatoms. The number of nitro groups is 2. The number of hydrogen-bond acceptors (Lipinski definition) is 6. The van der Waals surface area contributed by atoms with Gasteiger partial charge in [0.2, 0.25) is 0 Å². The van der Waals surface area contributed by atoms with E-state index in [-0.39, 0.29) is 18.0 Å². The van der Waals surface area contributed by atoms with E-state index in [1.807, 2.05) is 13.8 Å². The highest BCUT2D eigenvalue weighted by Gasteiger charge is 2.10. The number of nitro benzene ring substituents is 2. The van der Waals surface area contributed by atoms with Gasteiger partial charge in [-0.2, -0.15) is 0 Å². The number of nitrogens with zero attached hydrogens (tertiary/aromatic N) is 2. The molecule has 23 heavy (non-hydrogen) atoms. The van der Waals surface area contributed by atoms with Crippen LogP contribution in [-0.4, -0.2) is 16.5 Å². The van der Waals surface area contributed by atoms with Gasteiger partial charge < -0.3 is 10.6 Å². The first kappa shape index (κ1) is 16.2. The van der Waals surface area contributed by atoms with Gasteiger partial charge in [0.15, 0.2) is 0 Å². The molecule has 2 N–H and O–H groups in total. The van der Waals surface area contributed by atoms with Crippen molar-refractivity contribution in [2.24, 2.45) is 0 Å². The van der Waals surface area contributed by atoms with E-state index in [1.54, 1.807) is 12.1 Å². The fourth-order valence-electron chi connectivity index (χ4n) is 2.06. The zero-order chi connectivity index (χ0) is 17.0. The number of anilines is 2. The van der Waals surface area contributed by atoms with E-state index in [9.17, 15) is 20.2 Å². The van der Waals surface area contributed by atoms with E-state index in [1.165, 1.54) is 24.3 Å². The van der Waals surface area contributed by atoms with Crippen LogP contribution in [0.15, 0.2) is 36.4 Å². The standard InChI is InChI=1S/C15H16N4O4/c1-10-3-5-12(18(20)21)7-14(10)16-9-17-15-8-13(19(22)23)6-4-11(15)2/h3-8,16-17H,9H2,1-2H3. The SMILES string of the molecule is Cc1ccc([N+](=O)[O-])cc1NCNc1cc([N+](=O)[O-])ccc1C. The average Bonchev–Trinajstić information content (AvgIpc) is 2.50. The van der Waals surface area contributed by atoms with Crippen molar-refractivity contribution in [2.75, 3.05) is 17.3 Å². The molecule has 2 aromatic carbocycles. The molecule has 0 bridgehead atoms. The fraction of sp³-hybridized carbons (Fsp3) is 0.200. The summed E-state index contributed by atoms with van der Waals surface area (Å²) in [5.41, 5.74) is 3.01. The van der Waals surface area contributed by atoms with Gasteiger partial charge in [-0.25, -0.2) is 0 Å². The topological polar surface area (TPSA) is 110 Å². The molecule has 0 aromatic heterocycles. The van der Waals surface area contributed by atoms with Gasteiger partial charge in [0.05, 0.1) is 16.5 Å². The normalized spacial score (nSPS) is 10.2. The summed E-state index contributed by atoms with van der Waals surface area (Å²) >= 11 is 0. The molecule has 120 valence electrons. The first-order valence-electron chi connectivity index (χ1n) is 6.86. The third kappa shape index (κ3) is 3.94. The second kappa shape index (κ2) is 6.73. The maximum atomic E-state index is 10.8. The van der Waals surface area contributed by atoms with Crippen molar-refractivity contribution in [3.8, 4) is 0 Å². The van der Waals surface area contributed by atoms with Crippen molar-refractivity contribution in [1.29, 1.82) is 0 Å². The van der Waals surface area contributed by atoms with Crippen molar-refractivity contribution in [3.05, 3.63) is 67.8 Å². The molecule has 2 rings (SSSR count). The third-order valence-electron chi connectivity index (χ3n) is 3.42. The Morgan fingerprint density at radius 2 is 1.22 bits per heavy atom. The molecule has 0 aliphatic carbocycles. The Balaban J connectivity index is 2.08. The van der Waals surface area contributed by atoms with Crippen molar-refractivity contribution < 1.29 is 9.85 Å². The summed E-state index contributed by atoms with van der Waals surface area (Å²) in [7, 11) is 0. The molecule has 0 radical (unpaired) electrons. The van der Waals surface area contributed by atoms with Gasteiger partial charge in [-0.3, -0.25) is 20.2 Å². The van der Waals surface area contributed by atoms with Gasteiger partial charge in [0, 0.05) is 35.6 Å². The van der Waals surface area contributed by atoms with Gasteiger partial charge in [0.25, 0.3) is 11.4 Å².